The van der Waals surface area contributed by atoms with Crippen LogP contribution in [0.2, 0.25) is 0 Å². The lowest BCUT2D eigenvalue weighted by Crippen LogP contribution is -2.27. The van der Waals surface area contributed by atoms with Crippen LogP contribution in [0.25, 0.3) is 0 Å². The Morgan fingerprint density at radius 1 is 1.35 bits per heavy atom. The first-order valence-corrected chi connectivity index (χ1v) is 6.10. The predicted molar refractivity (Wildman–Crippen MR) is 64.9 cm³/mol. The molecule has 20 heavy (non-hydrogen) atoms. The van der Waals surface area contributed by atoms with Gasteiger partial charge in [-0.05, 0) is 25.0 Å². The van der Waals surface area contributed by atoms with E-state index >= 15 is 0 Å². The first-order valence-electron chi connectivity index (χ1n) is 6.10. The van der Waals surface area contributed by atoms with Crippen molar-refractivity contribution in [2.24, 2.45) is 0 Å². The maximum absolute atomic E-state index is 13.3. The van der Waals surface area contributed by atoms with Crippen LogP contribution in [0, 0.1) is 11.6 Å². The fraction of sp³-hybridized carbons (Fsp3) is 0.385. The molecule has 0 bridgehead atoms. The molecule has 0 aromatic heterocycles. The summed E-state index contributed by atoms with van der Waals surface area (Å²) in [6, 6.07) is 3.20. The molecule has 108 valence electrons. The predicted octanol–water partition coefficient (Wildman–Crippen LogP) is 1.63. The third-order valence-corrected chi connectivity index (χ3v) is 2.77. The summed E-state index contributed by atoms with van der Waals surface area (Å²) in [4.78, 5) is 22.9. The smallest absolute Gasteiger partial charge is 0.335 e. The number of hydrogen-bond donors (Lipinski definition) is 1. The van der Waals surface area contributed by atoms with Crippen molar-refractivity contribution < 1.29 is 27.8 Å². The SMILES string of the molecule is O=C(COC(=O)[C@H]1CCCO1)Nc1c(F)cccc1F. The molecular formula is C13H13F2NO4. The molecule has 0 aliphatic carbocycles. The highest BCUT2D eigenvalue weighted by Gasteiger charge is 2.25. The highest BCUT2D eigenvalue weighted by atomic mass is 19.1. The van der Waals surface area contributed by atoms with Crippen LogP contribution in [-0.2, 0) is 19.1 Å². The third-order valence-electron chi connectivity index (χ3n) is 2.77. The minimum Gasteiger partial charge on any atom is -0.454 e. The fourth-order valence-electron chi connectivity index (χ4n) is 1.79. The van der Waals surface area contributed by atoms with E-state index < -0.39 is 41.9 Å². The molecule has 5 nitrogen and oxygen atoms in total. The summed E-state index contributed by atoms with van der Waals surface area (Å²) < 4.78 is 36.3. The lowest BCUT2D eigenvalue weighted by Gasteiger charge is -2.10. The summed E-state index contributed by atoms with van der Waals surface area (Å²) in [5, 5.41) is 2.02. The molecule has 1 amide bonds. The quantitative estimate of drug-likeness (QED) is 0.854. The summed E-state index contributed by atoms with van der Waals surface area (Å²) in [5.74, 6) is -3.26. The number of carbonyl (C=O) groups is 2. The van der Waals surface area contributed by atoms with Crippen LogP contribution in [0.3, 0.4) is 0 Å². The van der Waals surface area contributed by atoms with Gasteiger partial charge >= 0.3 is 5.97 Å². The van der Waals surface area contributed by atoms with Crippen molar-refractivity contribution in [1.82, 2.24) is 0 Å². The summed E-state index contributed by atoms with van der Waals surface area (Å²) in [6.07, 6.45) is 0.641. The molecule has 1 atom stereocenters. The lowest BCUT2D eigenvalue weighted by atomic mass is 10.2. The van der Waals surface area contributed by atoms with Crippen molar-refractivity contribution >= 4 is 17.6 Å². The molecule has 1 aliphatic rings. The van der Waals surface area contributed by atoms with Crippen molar-refractivity contribution in [3.63, 3.8) is 0 Å². The average Bonchev–Trinajstić information content (AvgIpc) is 2.94. The molecule has 0 radical (unpaired) electrons. The molecule has 0 unspecified atom stereocenters. The van der Waals surface area contributed by atoms with Crippen LogP contribution in [0.15, 0.2) is 18.2 Å². The topological polar surface area (TPSA) is 64.6 Å². The number of nitrogens with one attached hydrogen (secondary N) is 1. The summed E-state index contributed by atoms with van der Waals surface area (Å²) in [6.45, 7) is -0.140. The number of carbonyl (C=O) groups excluding carboxylic acids is 2. The summed E-state index contributed by atoms with van der Waals surface area (Å²) >= 11 is 0. The van der Waals surface area contributed by atoms with Gasteiger partial charge in [-0.1, -0.05) is 6.07 Å². The van der Waals surface area contributed by atoms with Crippen LogP contribution in [0.4, 0.5) is 14.5 Å². The van der Waals surface area contributed by atoms with Gasteiger partial charge in [0.2, 0.25) is 0 Å². The third kappa shape index (κ3) is 3.51. The van der Waals surface area contributed by atoms with Gasteiger partial charge in [-0.3, -0.25) is 4.79 Å². The second kappa shape index (κ2) is 6.42. The lowest BCUT2D eigenvalue weighted by molar-refractivity contribution is -0.156. The average molecular weight is 285 g/mol. The standard InChI is InChI=1S/C13H13F2NO4/c14-8-3-1-4-9(15)12(8)16-11(17)7-20-13(18)10-5-2-6-19-10/h1,3-4,10H,2,5-7H2,(H,16,17)/t10-/m1/s1. The Kier molecular flexibility index (Phi) is 4.62. The monoisotopic (exact) mass is 285 g/mol. The van der Waals surface area contributed by atoms with E-state index in [1.807, 2.05) is 5.32 Å². The zero-order valence-electron chi connectivity index (χ0n) is 10.5. The first kappa shape index (κ1) is 14.4. The molecule has 0 saturated carbocycles. The van der Waals surface area contributed by atoms with Crippen LogP contribution >= 0.6 is 0 Å². The van der Waals surface area contributed by atoms with Crippen LogP contribution in [0.1, 0.15) is 12.8 Å². The van der Waals surface area contributed by atoms with Crippen molar-refractivity contribution in [2.75, 3.05) is 18.5 Å². The summed E-state index contributed by atoms with van der Waals surface area (Å²) in [5.41, 5.74) is -0.564. The van der Waals surface area contributed by atoms with Gasteiger partial charge < -0.3 is 14.8 Å². The van der Waals surface area contributed by atoms with Gasteiger partial charge in [0.25, 0.3) is 5.91 Å². The number of ether oxygens (including phenoxy) is 2. The van der Waals surface area contributed by atoms with Gasteiger partial charge in [0.05, 0.1) is 0 Å². The molecule has 1 fully saturated rings. The Labute approximate surface area is 113 Å². The minimum absolute atomic E-state index is 0.479. The highest BCUT2D eigenvalue weighted by Crippen LogP contribution is 2.18. The molecule has 1 heterocycles. The molecular weight excluding hydrogens is 272 g/mol. The highest BCUT2D eigenvalue weighted by molar-refractivity contribution is 5.93. The molecule has 2 rings (SSSR count). The Hall–Kier alpha value is -2.02. The zero-order chi connectivity index (χ0) is 14.5. The molecule has 7 heteroatoms. The first-order chi connectivity index (χ1) is 9.58. The van der Waals surface area contributed by atoms with E-state index in [1.165, 1.54) is 6.07 Å². The number of rotatable bonds is 4. The van der Waals surface area contributed by atoms with Crippen LogP contribution < -0.4 is 5.32 Å². The van der Waals surface area contributed by atoms with Gasteiger partial charge in [-0.15, -0.1) is 0 Å². The molecule has 1 aromatic rings. The summed E-state index contributed by atoms with van der Waals surface area (Å²) in [7, 11) is 0. The Morgan fingerprint density at radius 2 is 2.05 bits per heavy atom. The number of para-hydroxylation sites is 1. The molecule has 0 spiro atoms. The number of halogens is 2. The van der Waals surface area contributed by atoms with Gasteiger partial charge in [-0.2, -0.15) is 0 Å². The van der Waals surface area contributed by atoms with E-state index in [1.54, 1.807) is 0 Å². The normalized spacial score (nSPS) is 17.8. The van der Waals surface area contributed by atoms with Crippen LogP contribution in [0.5, 0.6) is 0 Å². The maximum atomic E-state index is 13.3. The molecule has 1 aliphatic heterocycles. The number of benzene rings is 1. The van der Waals surface area contributed by atoms with E-state index in [9.17, 15) is 18.4 Å². The van der Waals surface area contributed by atoms with Crippen LogP contribution in [-0.4, -0.2) is 31.2 Å². The Bertz CT molecular complexity index is 495. The van der Waals surface area contributed by atoms with E-state index in [2.05, 4.69) is 0 Å². The van der Waals surface area contributed by atoms with Crippen molar-refractivity contribution in [3.05, 3.63) is 29.8 Å². The number of esters is 1. The second-order valence-corrected chi connectivity index (χ2v) is 4.25. The number of amides is 1. The number of anilines is 1. The van der Waals surface area contributed by atoms with Gasteiger partial charge in [0.1, 0.15) is 17.3 Å². The van der Waals surface area contributed by atoms with Crippen molar-refractivity contribution in [3.8, 4) is 0 Å². The molecule has 1 saturated heterocycles. The molecule has 1 aromatic carbocycles. The minimum atomic E-state index is -0.899. The number of hydrogen-bond acceptors (Lipinski definition) is 4. The Balaban J connectivity index is 1.85. The van der Waals surface area contributed by atoms with E-state index in [0.717, 1.165) is 18.6 Å². The second-order valence-electron chi connectivity index (χ2n) is 4.25. The largest absolute Gasteiger partial charge is 0.454 e. The van der Waals surface area contributed by atoms with Gasteiger partial charge in [-0.25, -0.2) is 13.6 Å². The van der Waals surface area contributed by atoms with Gasteiger partial charge in [0.15, 0.2) is 12.7 Å². The zero-order valence-corrected chi connectivity index (χ0v) is 10.5. The molecule has 1 N–H and O–H groups in total. The Morgan fingerprint density at radius 3 is 2.65 bits per heavy atom. The maximum Gasteiger partial charge on any atom is 0.335 e. The van der Waals surface area contributed by atoms with E-state index in [0.29, 0.717) is 13.0 Å². The van der Waals surface area contributed by atoms with Gasteiger partial charge in [0, 0.05) is 6.61 Å². The fourth-order valence-corrected chi connectivity index (χ4v) is 1.79. The van der Waals surface area contributed by atoms with Crippen molar-refractivity contribution in [2.45, 2.75) is 18.9 Å². The van der Waals surface area contributed by atoms with Crippen molar-refractivity contribution in [1.29, 1.82) is 0 Å². The van der Waals surface area contributed by atoms with E-state index in [4.69, 9.17) is 9.47 Å². The van der Waals surface area contributed by atoms with E-state index in [-0.39, 0.29) is 0 Å².